The lowest BCUT2D eigenvalue weighted by atomic mass is 10.1. The van der Waals surface area contributed by atoms with E-state index in [0.717, 1.165) is 22.2 Å². The second-order valence-electron chi connectivity index (χ2n) is 6.29. The van der Waals surface area contributed by atoms with Gasteiger partial charge >= 0.3 is 0 Å². The van der Waals surface area contributed by atoms with Crippen molar-refractivity contribution in [2.75, 3.05) is 5.75 Å². The lowest BCUT2D eigenvalue weighted by Gasteiger charge is -2.18. The van der Waals surface area contributed by atoms with Crippen LogP contribution in [0.25, 0.3) is 5.69 Å². The van der Waals surface area contributed by atoms with Gasteiger partial charge in [0.25, 0.3) is 0 Å². The summed E-state index contributed by atoms with van der Waals surface area (Å²) in [7, 11) is 0. The van der Waals surface area contributed by atoms with E-state index in [9.17, 15) is 13.6 Å². The number of halogens is 2. The first-order valence-electron chi connectivity index (χ1n) is 8.98. The van der Waals surface area contributed by atoms with Gasteiger partial charge in [0.05, 0.1) is 17.5 Å². The molecule has 1 N–H and O–H groups in total. The van der Waals surface area contributed by atoms with E-state index in [1.807, 2.05) is 17.5 Å². The van der Waals surface area contributed by atoms with E-state index < -0.39 is 5.82 Å². The number of rotatable bonds is 7. The molecule has 0 unspecified atom stereocenters. The van der Waals surface area contributed by atoms with Crippen molar-refractivity contribution in [2.45, 2.75) is 11.2 Å². The lowest BCUT2D eigenvalue weighted by Crippen LogP contribution is -2.30. The summed E-state index contributed by atoms with van der Waals surface area (Å²) in [5.74, 6) is -0.905. The smallest absolute Gasteiger partial charge is 0.231 e. The Morgan fingerprint density at radius 1 is 1.10 bits per heavy atom. The predicted molar refractivity (Wildman–Crippen MR) is 113 cm³/mol. The molecule has 0 radical (unpaired) electrons. The molecule has 9 heteroatoms. The molecular weight excluding hydrogens is 426 g/mol. The summed E-state index contributed by atoms with van der Waals surface area (Å²) in [5.41, 5.74) is 1.10. The second-order valence-corrected chi connectivity index (χ2v) is 8.21. The number of thioether (sulfide) groups is 1. The Hall–Kier alpha value is -3.04. The van der Waals surface area contributed by atoms with Crippen LogP contribution in [0, 0.1) is 11.6 Å². The van der Waals surface area contributed by atoms with Gasteiger partial charge in [0.1, 0.15) is 18.0 Å². The summed E-state index contributed by atoms with van der Waals surface area (Å²) in [6, 6.07) is 15.8. The van der Waals surface area contributed by atoms with E-state index in [1.165, 1.54) is 40.4 Å². The Morgan fingerprint density at radius 3 is 2.63 bits per heavy atom. The molecule has 30 heavy (non-hydrogen) atoms. The number of hydrogen-bond acceptors (Lipinski definition) is 5. The fourth-order valence-electron chi connectivity index (χ4n) is 2.90. The minimum atomic E-state index is -0.405. The minimum Gasteiger partial charge on any atom is -0.344 e. The molecule has 2 aromatic heterocycles. The highest BCUT2D eigenvalue weighted by Gasteiger charge is 2.19. The maximum absolute atomic E-state index is 14.1. The van der Waals surface area contributed by atoms with E-state index in [-0.39, 0.29) is 23.5 Å². The van der Waals surface area contributed by atoms with Crippen LogP contribution in [-0.2, 0) is 4.79 Å². The lowest BCUT2D eigenvalue weighted by molar-refractivity contribution is -0.119. The molecule has 4 aromatic rings. The topological polar surface area (TPSA) is 59.8 Å². The number of thiophene rings is 1. The Bertz CT molecular complexity index is 1130. The zero-order valence-corrected chi connectivity index (χ0v) is 17.2. The number of hydrogen-bond donors (Lipinski definition) is 1. The van der Waals surface area contributed by atoms with Crippen LogP contribution < -0.4 is 5.32 Å². The van der Waals surface area contributed by atoms with Gasteiger partial charge in [0.15, 0.2) is 5.16 Å². The van der Waals surface area contributed by atoms with Crippen molar-refractivity contribution in [3.63, 3.8) is 0 Å². The Labute approximate surface area is 179 Å². The van der Waals surface area contributed by atoms with Gasteiger partial charge in [-0.2, -0.15) is 0 Å². The van der Waals surface area contributed by atoms with Crippen molar-refractivity contribution in [3.05, 3.63) is 94.4 Å². The van der Waals surface area contributed by atoms with Crippen LogP contribution in [0.5, 0.6) is 0 Å². The molecule has 4 rings (SSSR count). The summed E-state index contributed by atoms with van der Waals surface area (Å²) in [6.07, 6.45) is 1.41. The first-order chi connectivity index (χ1) is 14.6. The standard InChI is InChI=1S/C21H16F2N4OS2/c22-15-9-7-14(8-10-15)20(18-6-3-11-29-18)25-19(28)12-30-21-26-24-13-27(21)17-5-2-1-4-16(17)23/h1-11,13,20H,12H2,(H,25,28)/t20-/m1/s1. The van der Waals surface area contributed by atoms with E-state index >= 15 is 0 Å². The van der Waals surface area contributed by atoms with Crippen LogP contribution in [0.1, 0.15) is 16.5 Å². The first kappa shape index (κ1) is 20.2. The summed E-state index contributed by atoms with van der Waals surface area (Å²) in [5, 5.41) is 13.1. The molecular formula is C21H16F2N4OS2. The number of carbonyl (C=O) groups excluding carboxylic acids is 1. The monoisotopic (exact) mass is 442 g/mol. The molecule has 5 nitrogen and oxygen atoms in total. The van der Waals surface area contributed by atoms with E-state index in [4.69, 9.17) is 0 Å². The quantitative estimate of drug-likeness (QED) is 0.425. The molecule has 0 aliphatic carbocycles. The maximum atomic E-state index is 14.1. The van der Waals surface area contributed by atoms with Crippen molar-refractivity contribution >= 4 is 29.0 Å². The third-order valence-corrected chi connectivity index (χ3v) is 6.18. The van der Waals surface area contributed by atoms with Gasteiger partial charge in [-0.25, -0.2) is 8.78 Å². The van der Waals surface area contributed by atoms with E-state index in [2.05, 4.69) is 15.5 Å². The largest absolute Gasteiger partial charge is 0.344 e. The molecule has 0 bridgehead atoms. The van der Waals surface area contributed by atoms with Crippen molar-refractivity contribution < 1.29 is 13.6 Å². The maximum Gasteiger partial charge on any atom is 0.231 e. The van der Waals surface area contributed by atoms with E-state index in [0.29, 0.717) is 10.8 Å². The molecule has 2 aromatic carbocycles. The van der Waals surface area contributed by atoms with Crippen LogP contribution >= 0.6 is 23.1 Å². The molecule has 2 heterocycles. The fourth-order valence-corrected chi connectivity index (χ4v) is 4.43. The number of carbonyl (C=O) groups is 1. The fraction of sp³-hybridized carbons (Fsp3) is 0.0952. The van der Waals surface area contributed by atoms with Gasteiger partial charge in [-0.15, -0.1) is 21.5 Å². The number of amides is 1. The van der Waals surface area contributed by atoms with Crippen LogP contribution in [0.3, 0.4) is 0 Å². The van der Waals surface area contributed by atoms with Crippen molar-refractivity contribution in [2.24, 2.45) is 0 Å². The van der Waals surface area contributed by atoms with E-state index in [1.54, 1.807) is 30.3 Å². The summed E-state index contributed by atoms with van der Waals surface area (Å²) in [4.78, 5) is 13.6. The van der Waals surface area contributed by atoms with Gasteiger partial charge in [0.2, 0.25) is 5.91 Å². The number of para-hydroxylation sites is 1. The highest BCUT2D eigenvalue weighted by molar-refractivity contribution is 7.99. The third-order valence-electron chi connectivity index (χ3n) is 4.30. The zero-order chi connectivity index (χ0) is 20.9. The van der Waals surface area contributed by atoms with Gasteiger partial charge < -0.3 is 5.32 Å². The van der Waals surface area contributed by atoms with Crippen LogP contribution in [0.2, 0.25) is 0 Å². The van der Waals surface area contributed by atoms with Gasteiger partial charge in [-0.1, -0.05) is 42.1 Å². The third kappa shape index (κ3) is 4.58. The van der Waals surface area contributed by atoms with Crippen molar-refractivity contribution in [1.82, 2.24) is 20.1 Å². The number of nitrogens with one attached hydrogen (secondary N) is 1. The van der Waals surface area contributed by atoms with Crippen molar-refractivity contribution in [3.8, 4) is 5.69 Å². The Kier molecular flexibility index (Phi) is 6.20. The minimum absolute atomic E-state index is 0.0657. The molecule has 1 atom stereocenters. The molecule has 0 spiro atoms. The predicted octanol–water partition coefficient (Wildman–Crippen LogP) is 4.60. The van der Waals surface area contributed by atoms with Crippen molar-refractivity contribution in [1.29, 1.82) is 0 Å². The molecule has 0 fully saturated rings. The highest BCUT2D eigenvalue weighted by atomic mass is 32.2. The summed E-state index contributed by atoms with van der Waals surface area (Å²) >= 11 is 2.66. The highest BCUT2D eigenvalue weighted by Crippen LogP contribution is 2.27. The summed E-state index contributed by atoms with van der Waals surface area (Å²) < 4.78 is 28.9. The number of nitrogens with zero attached hydrogens (tertiary/aromatic N) is 3. The molecule has 0 saturated carbocycles. The molecule has 0 saturated heterocycles. The summed E-state index contributed by atoms with van der Waals surface area (Å²) in [6.45, 7) is 0. The van der Waals surface area contributed by atoms with Crippen LogP contribution in [0.4, 0.5) is 8.78 Å². The molecule has 0 aliphatic heterocycles. The normalized spacial score (nSPS) is 11.9. The Morgan fingerprint density at radius 2 is 1.90 bits per heavy atom. The first-order valence-corrected chi connectivity index (χ1v) is 10.8. The van der Waals surface area contributed by atoms with Gasteiger partial charge in [-0.3, -0.25) is 9.36 Å². The number of aromatic nitrogens is 3. The zero-order valence-electron chi connectivity index (χ0n) is 15.5. The average Bonchev–Trinajstić information content (AvgIpc) is 3.44. The van der Waals surface area contributed by atoms with Gasteiger partial charge in [0, 0.05) is 4.88 Å². The molecule has 0 aliphatic rings. The Balaban J connectivity index is 1.47. The average molecular weight is 443 g/mol. The second kappa shape index (κ2) is 9.19. The number of benzene rings is 2. The van der Waals surface area contributed by atoms with Crippen LogP contribution in [0.15, 0.2) is 77.5 Å². The van der Waals surface area contributed by atoms with Gasteiger partial charge in [-0.05, 0) is 41.3 Å². The molecule has 152 valence electrons. The molecule has 1 amide bonds. The SMILES string of the molecule is O=C(CSc1nncn1-c1ccccc1F)N[C@H](c1ccc(F)cc1)c1cccs1. The van der Waals surface area contributed by atoms with Crippen LogP contribution in [-0.4, -0.2) is 26.4 Å².